The minimum absolute atomic E-state index is 0.119. The van der Waals surface area contributed by atoms with Crippen LogP contribution in [0.3, 0.4) is 0 Å². The molecule has 0 spiro atoms. The Labute approximate surface area is 161 Å². The van der Waals surface area contributed by atoms with E-state index in [-0.39, 0.29) is 24.4 Å². The first kappa shape index (κ1) is 20.3. The summed E-state index contributed by atoms with van der Waals surface area (Å²) in [7, 11) is 2.58. The van der Waals surface area contributed by atoms with Gasteiger partial charge in [0.05, 0.1) is 36.1 Å². The van der Waals surface area contributed by atoms with Crippen molar-refractivity contribution in [1.82, 2.24) is 0 Å². The van der Waals surface area contributed by atoms with Gasteiger partial charge in [-0.2, -0.15) is 0 Å². The van der Waals surface area contributed by atoms with Gasteiger partial charge in [0.2, 0.25) is 5.91 Å². The molecule has 0 heterocycles. The van der Waals surface area contributed by atoms with Crippen LogP contribution in [0, 0.1) is 0 Å². The topological polar surface area (TPSA) is 93.7 Å². The van der Waals surface area contributed by atoms with Gasteiger partial charge in [-0.1, -0.05) is 23.7 Å². The SMILES string of the molecule is COC(=O)c1ccc(Cl)c(NC(=O)CCNc2ccccc2C(=O)OC)c1. The molecule has 2 N–H and O–H groups in total. The number of esters is 2. The molecule has 0 aliphatic heterocycles. The Bertz CT molecular complexity index is 854. The summed E-state index contributed by atoms with van der Waals surface area (Å²) in [5.41, 5.74) is 1.55. The number of carbonyl (C=O) groups is 3. The second-order valence-corrected chi connectivity index (χ2v) is 5.86. The van der Waals surface area contributed by atoms with Gasteiger partial charge in [0.15, 0.2) is 0 Å². The molecular weight excluding hydrogens is 372 g/mol. The predicted molar refractivity (Wildman–Crippen MR) is 102 cm³/mol. The molecule has 2 aromatic rings. The van der Waals surface area contributed by atoms with Gasteiger partial charge in [0.25, 0.3) is 0 Å². The molecule has 0 aliphatic carbocycles. The Hall–Kier alpha value is -3.06. The molecule has 2 rings (SSSR count). The van der Waals surface area contributed by atoms with E-state index in [4.69, 9.17) is 16.3 Å². The van der Waals surface area contributed by atoms with Crippen LogP contribution < -0.4 is 10.6 Å². The molecule has 1 amide bonds. The minimum atomic E-state index is -0.525. The van der Waals surface area contributed by atoms with E-state index in [0.29, 0.717) is 22.0 Å². The van der Waals surface area contributed by atoms with Crippen molar-refractivity contribution >= 4 is 40.8 Å². The molecule has 8 heteroatoms. The Kier molecular flexibility index (Phi) is 7.19. The summed E-state index contributed by atoms with van der Waals surface area (Å²) in [5, 5.41) is 5.99. The monoisotopic (exact) mass is 390 g/mol. The van der Waals surface area contributed by atoms with Gasteiger partial charge < -0.3 is 20.1 Å². The summed E-state index contributed by atoms with van der Waals surface area (Å²) < 4.78 is 9.37. The zero-order valence-electron chi connectivity index (χ0n) is 14.9. The molecule has 7 nitrogen and oxygen atoms in total. The van der Waals surface area contributed by atoms with Crippen LogP contribution in [-0.4, -0.2) is 38.6 Å². The van der Waals surface area contributed by atoms with Crippen molar-refractivity contribution in [1.29, 1.82) is 0 Å². The number of carbonyl (C=O) groups excluding carboxylic acids is 3. The Morgan fingerprint density at radius 1 is 0.963 bits per heavy atom. The number of methoxy groups -OCH3 is 2. The van der Waals surface area contributed by atoms with Crippen molar-refractivity contribution in [3.05, 3.63) is 58.6 Å². The minimum Gasteiger partial charge on any atom is -0.465 e. The highest BCUT2D eigenvalue weighted by molar-refractivity contribution is 6.33. The number of hydrogen-bond acceptors (Lipinski definition) is 6. The van der Waals surface area contributed by atoms with E-state index in [1.807, 2.05) is 0 Å². The molecular formula is C19H19ClN2O5. The maximum Gasteiger partial charge on any atom is 0.339 e. The molecule has 0 fully saturated rings. The second kappa shape index (κ2) is 9.59. The molecule has 0 atom stereocenters. The number of ether oxygens (including phenoxy) is 2. The van der Waals surface area contributed by atoms with Gasteiger partial charge in [-0.25, -0.2) is 9.59 Å². The van der Waals surface area contributed by atoms with Crippen LogP contribution in [0.4, 0.5) is 11.4 Å². The summed E-state index contributed by atoms with van der Waals surface area (Å²) in [6.07, 6.45) is 0.119. The fourth-order valence-corrected chi connectivity index (χ4v) is 2.48. The fraction of sp³-hybridized carbons (Fsp3) is 0.211. The van der Waals surface area contributed by atoms with E-state index < -0.39 is 11.9 Å². The highest BCUT2D eigenvalue weighted by atomic mass is 35.5. The third kappa shape index (κ3) is 5.46. The number of halogens is 1. The summed E-state index contributed by atoms with van der Waals surface area (Å²) in [6.45, 7) is 0.286. The van der Waals surface area contributed by atoms with Gasteiger partial charge >= 0.3 is 11.9 Å². The Morgan fingerprint density at radius 2 is 1.67 bits per heavy atom. The number of benzene rings is 2. The average Bonchev–Trinajstić information content (AvgIpc) is 2.68. The Balaban J connectivity index is 1.96. The maximum absolute atomic E-state index is 12.2. The first-order valence-electron chi connectivity index (χ1n) is 8.05. The number of amides is 1. The van der Waals surface area contributed by atoms with Crippen molar-refractivity contribution in [3.8, 4) is 0 Å². The van der Waals surface area contributed by atoms with Crippen molar-refractivity contribution in [2.75, 3.05) is 31.4 Å². The number of para-hydroxylation sites is 1. The van der Waals surface area contributed by atoms with Crippen LogP contribution in [0.1, 0.15) is 27.1 Å². The highest BCUT2D eigenvalue weighted by Crippen LogP contribution is 2.23. The van der Waals surface area contributed by atoms with Crippen molar-refractivity contribution in [2.24, 2.45) is 0 Å². The summed E-state index contributed by atoms with van der Waals surface area (Å²) in [5.74, 6) is -1.29. The van der Waals surface area contributed by atoms with Gasteiger partial charge in [-0.05, 0) is 30.3 Å². The lowest BCUT2D eigenvalue weighted by atomic mass is 10.1. The molecule has 0 aromatic heterocycles. The van der Waals surface area contributed by atoms with Crippen molar-refractivity contribution in [2.45, 2.75) is 6.42 Å². The van der Waals surface area contributed by atoms with Crippen molar-refractivity contribution in [3.63, 3.8) is 0 Å². The summed E-state index contributed by atoms with van der Waals surface area (Å²) in [6, 6.07) is 11.3. The molecule has 0 saturated carbocycles. The van der Waals surface area contributed by atoms with Crippen LogP contribution in [0.15, 0.2) is 42.5 Å². The van der Waals surface area contributed by atoms with E-state index >= 15 is 0 Å². The zero-order valence-corrected chi connectivity index (χ0v) is 15.6. The van der Waals surface area contributed by atoms with Crippen LogP contribution in [0.25, 0.3) is 0 Å². The largest absolute Gasteiger partial charge is 0.465 e. The van der Waals surface area contributed by atoms with Crippen LogP contribution in [-0.2, 0) is 14.3 Å². The lowest BCUT2D eigenvalue weighted by Gasteiger charge is -2.11. The number of hydrogen-bond donors (Lipinski definition) is 2. The fourth-order valence-electron chi connectivity index (χ4n) is 2.31. The normalized spacial score (nSPS) is 10.0. The van der Waals surface area contributed by atoms with Gasteiger partial charge in [-0.15, -0.1) is 0 Å². The first-order chi connectivity index (χ1) is 13.0. The highest BCUT2D eigenvalue weighted by Gasteiger charge is 2.13. The van der Waals surface area contributed by atoms with Crippen molar-refractivity contribution < 1.29 is 23.9 Å². The maximum atomic E-state index is 12.2. The second-order valence-electron chi connectivity index (χ2n) is 5.45. The summed E-state index contributed by atoms with van der Waals surface area (Å²) >= 11 is 6.06. The van der Waals surface area contributed by atoms with Crippen LogP contribution in [0.2, 0.25) is 5.02 Å². The molecule has 0 unspecified atom stereocenters. The third-order valence-corrected chi connectivity index (χ3v) is 3.99. The third-order valence-electron chi connectivity index (χ3n) is 3.66. The molecule has 27 heavy (non-hydrogen) atoms. The first-order valence-corrected chi connectivity index (χ1v) is 8.43. The number of anilines is 2. The molecule has 2 aromatic carbocycles. The molecule has 0 saturated heterocycles. The van der Waals surface area contributed by atoms with Crippen LogP contribution >= 0.6 is 11.6 Å². The molecule has 0 aliphatic rings. The number of rotatable bonds is 7. The van der Waals surface area contributed by atoms with Crippen LogP contribution in [0.5, 0.6) is 0 Å². The zero-order chi connectivity index (χ0) is 19.8. The van der Waals surface area contributed by atoms with E-state index in [1.165, 1.54) is 32.4 Å². The lowest BCUT2D eigenvalue weighted by Crippen LogP contribution is -2.18. The van der Waals surface area contributed by atoms with E-state index in [0.717, 1.165) is 0 Å². The van der Waals surface area contributed by atoms with E-state index in [9.17, 15) is 14.4 Å². The molecule has 142 valence electrons. The van der Waals surface area contributed by atoms with Gasteiger partial charge in [0.1, 0.15) is 0 Å². The quantitative estimate of drug-likeness (QED) is 0.704. The van der Waals surface area contributed by atoms with E-state index in [1.54, 1.807) is 24.3 Å². The molecule has 0 radical (unpaired) electrons. The number of nitrogens with one attached hydrogen (secondary N) is 2. The van der Waals surface area contributed by atoms with E-state index in [2.05, 4.69) is 15.4 Å². The smallest absolute Gasteiger partial charge is 0.339 e. The predicted octanol–water partition coefficient (Wildman–Crippen LogP) is 3.35. The average molecular weight is 391 g/mol. The van der Waals surface area contributed by atoms with Gasteiger partial charge in [-0.3, -0.25) is 4.79 Å². The lowest BCUT2D eigenvalue weighted by molar-refractivity contribution is -0.115. The van der Waals surface area contributed by atoms with Gasteiger partial charge in [0, 0.05) is 18.7 Å². The standard InChI is InChI=1S/C19H19ClN2O5/c1-26-18(24)12-7-8-14(20)16(11-12)22-17(23)9-10-21-15-6-4-3-5-13(15)19(25)27-2/h3-8,11,21H,9-10H2,1-2H3,(H,22,23). The Morgan fingerprint density at radius 3 is 2.37 bits per heavy atom. The summed E-state index contributed by atoms with van der Waals surface area (Å²) in [4.78, 5) is 35.5. The molecule has 0 bridgehead atoms.